The van der Waals surface area contributed by atoms with Crippen molar-refractivity contribution in [1.82, 2.24) is 9.55 Å². The van der Waals surface area contributed by atoms with Crippen LogP contribution in [0, 0.1) is 6.85 Å². The van der Waals surface area contributed by atoms with Gasteiger partial charge in [-0.3, -0.25) is 19.0 Å². The molecule has 0 saturated heterocycles. The number of hydrogen-bond acceptors (Lipinski definition) is 5. The van der Waals surface area contributed by atoms with E-state index in [2.05, 4.69) is 20.9 Å². The second kappa shape index (κ2) is 5.31. The number of carbonyl (C=O) groups excluding carboxylic acids is 2. The minimum Gasteiger partial charge on any atom is -0.398 e. The summed E-state index contributed by atoms with van der Waals surface area (Å²) in [6, 6.07) is 1.98. The van der Waals surface area contributed by atoms with Gasteiger partial charge in [-0.25, -0.2) is 4.98 Å². The molecule has 0 radical (unpaired) electrons. The highest BCUT2D eigenvalue weighted by Crippen LogP contribution is 2.26. The third kappa shape index (κ3) is 2.35. The minimum absolute atomic E-state index is 0.0564. The molecule has 2 N–H and O–H groups in total. The molecule has 0 bridgehead atoms. The Morgan fingerprint density at radius 3 is 2.86 bits per heavy atom. The van der Waals surface area contributed by atoms with Gasteiger partial charge in [-0.2, -0.15) is 0 Å². The van der Waals surface area contributed by atoms with Crippen molar-refractivity contribution < 1.29 is 13.7 Å². The van der Waals surface area contributed by atoms with Gasteiger partial charge < -0.3 is 5.73 Å². The summed E-state index contributed by atoms with van der Waals surface area (Å²) >= 11 is 3.23. The van der Waals surface area contributed by atoms with Crippen molar-refractivity contribution in [2.75, 3.05) is 5.73 Å². The van der Waals surface area contributed by atoms with Crippen LogP contribution in [0.4, 0.5) is 5.69 Å². The van der Waals surface area contributed by atoms with Crippen LogP contribution in [0.5, 0.6) is 0 Å². The van der Waals surface area contributed by atoms with Crippen LogP contribution in [-0.2, 0) is 9.59 Å². The van der Waals surface area contributed by atoms with Crippen LogP contribution in [0.15, 0.2) is 21.4 Å². The molecule has 1 heterocycles. The van der Waals surface area contributed by atoms with E-state index < -0.39 is 30.1 Å². The van der Waals surface area contributed by atoms with E-state index in [-0.39, 0.29) is 41.6 Å². The zero-order valence-electron chi connectivity index (χ0n) is 14.4. The van der Waals surface area contributed by atoms with Crippen molar-refractivity contribution in [3.63, 3.8) is 0 Å². The highest BCUT2D eigenvalue weighted by atomic mass is 79.9. The van der Waals surface area contributed by atoms with Gasteiger partial charge >= 0.3 is 0 Å². The number of rotatable bonds is 1. The van der Waals surface area contributed by atoms with Gasteiger partial charge in [0.05, 0.1) is 23.4 Å². The third-order valence-corrected chi connectivity index (χ3v) is 4.21. The lowest BCUT2D eigenvalue weighted by Crippen LogP contribution is -2.36. The third-order valence-electron chi connectivity index (χ3n) is 3.75. The molecule has 1 aliphatic rings. The molecular weight excluding hydrogens is 350 g/mol. The van der Waals surface area contributed by atoms with Crippen LogP contribution in [0.3, 0.4) is 0 Å². The minimum atomic E-state index is -2.70. The highest BCUT2D eigenvalue weighted by Gasteiger charge is 2.30. The summed E-state index contributed by atoms with van der Waals surface area (Å²) in [4.78, 5) is 40.8. The summed E-state index contributed by atoms with van der Waals surface area (Å²) in [7, 11) is 0. The Kier molecular flexibility index (Phi) is 2.79. The topological polar surface area (TPSA) is 95.0 Å². The van der Waals surface area contributed by atoms with Crippen molar-refractivity contribution in [3.05, 3.63) is 32.8 Å². The second-order valence-electron chi connectivity index (χ2n) is 5.24. The highest BCUT2D eigenvalue weighted by molar-refractivity contribution is 9.10. The Morgan fingerprint density at radius 2 is 2.18 bits per heavy atom. The average Bonchev–Trinajstić information content (AvgIpc) is 2.46. The molecule has 1 saturated carbocycles. The first-order chi connectivity index (χ1) is 11.6. The Hall–Kier alpha value is -2.02. The Labute approximate surface area is 138 Å². The SMILES string of the molecule is [2H]C([2H])([2H])c1nc2cc(Br)cc(N)c2c(=O)n1[C@H]1CCC(=O)CC1=O. The van der Waals surface area contributed by atoms with Gasteiger partial charge in [0, 0.05) is 20.7 Å². The Morgan fingerprint density at radius 1 is 1.41 bits per heavy atom. The van der Waals surface area contributed by atoms with Gasteiger partial charge in [0.1, 0.15) is 11.6 Å². The summed E-state index contributed by atoms with van der Waals surface area (Å²) < 4.78 is 24.6. The maximum Gasteiger partial charge on any atom is 0.264 e. The van der Waals surface area contributed by atoms with E-state index in [9.17, 15) is 14.4 Å². The van der Waals surface area contributed by atoms with Crippen molar-refractivity contribution in [2.45, 2.75) is 32.2 Å². The number of nitrogens with two attached hydrogens (primary N) is 1. The van der Waals surface area contributed by atoms with Gasteiger partial charge in [-0.05, 0) is 25.4 Å². The molecule has 0 aliphatic heterocycles. The van der Waals surface area contributed by atoms with Gasteiger partial charge in [-0.1, -0.05) is 15.9 Å². The van der Waals surface area contributed by atoms with Gasteiger partial charge in [0.15, 0.2) is 5.78 Å². The van der Waals surface area contributed by atoms with Crippen molar-refractivity contribution in [2.24, 2.45) is 0 Å². The standard InChI is InChI=1S/C15H14BrN3O3/c1-7-18-11-5-8(16)4-10(17)14(11)15(22)19(7)12-3-2-9(20)6-13(12)21/h4-5,12H,2-3,6,17H2,1H3/t12-/m0/s1/i1D3. The fraction of sp³-hybridized carbons (Fsp3) is 0.333. The summed E-state index contributed by atoms with van der Waals surface area (Å²) in [6.45, 7) is -2.70. The summed E-state index contributed by atoms with van der Waals surface area (Å²) in [5.41, 5.74) is 5.49. The molecule has 3 rings (SSSR count). The van der Waals surface area contributed by atoms with E-state index in [4.69, 9.17) is 9.85 Å². The van der Waals surface area contributed by atoms with Crippen LogP contribution in [0.1, 0.15) is 35.2 Å². The van der Waals surface area contributed by atoms with Gasteiger partial charge in [0.25, 0.3) is 5.56 Å². The van der Waals surface area contributed by atoms with E-state index >= 15 is 0 Å². The molecule has 1 fully saturated rings. The zero-order valence-corrected chi connectivity index (χ0v) is 13.0. The fourth-order valence-corrected chi connectivity index (χ4v) is 3.20. The molecule has 1 aromatic heterocycles. The monoisotopic (exact) mass is 366 g/mol. The summed E-state index contributed by atoms with van der Waals surface area (Å²) in [6.07, 6.45) is -0.132. The number of nitrogen functional groups attached to an aromatic ring is 1. The summed E-state index contributed by atoms with van der Waals surface area (Å²) in [5.74, 6) is -1.18. The van der Waals surface area contributed by atoms with E-state index in [0.717, 1.165) is 4.57 Å². The predicted octanol–water partition coefficient (Wildman–Crippen LogP) is 1.91. The van der Waals surface area contributed by atoms with Crippen LogP contribution >= 0.6 is 15.9 Å². The largest absolute Gasteiger partial charge is 0.398 e. The van der Waals surface area contributed by atoms with Crippen LogP contribution in [0.2, 0.25) is 0 Å². The molecule has 2 aromatic rings. The Balaban J connectivity index is 2.36. The predicted molar refractivity (Wildman–Crippen MR) is 85.8 cm³/mol. The van der Waals surface area contributed by atoms with Crippen LogP contribution < -0.4 is 11.3 Å². The number of carbonyl (C=O) groups is 2. The van der Waals surface area contributed by atoms with Crippen molar-refractivity contribution >= 4 is 44.1 Å². The lowest BCUT2D eigenvalue weighted by molar-refractivity contribution is -0.132. The summed E-state index contributed by atoms with van der Waals surface area (Å²) in [5, 5.41) is 0.0564. The van der Waals surface area contributed by atoms with Crippen LogP contribution in [-0.4, -0.2) is 21.1 Å². The fourth-order valence-electron chi connectivity index (χ4n) is 2.74. The van der Waals surface area contributed by atoms with E-state index in [1.165, 1.54) is 12.1 Å². The van der Waals surface area contributed by atoms with Crippen LogP contribution in [0.25, 0.3) is 10.9 Å². The van der Waals surface area contributed by atoms with Crippen molar-refractivity contribution in [3.8, 4) is 0 Å². The second-order valence-corrected chi connectivity index (χ2v) is 6.15. The first-order valence-electron chi connectivity index (χ1n) is 8.15. The zero-order chi connectivity index (χ0) is 18.5. The Bertz CT molecular complexity index is 968. The van der Waals surface area contributed by atoms with Crippen molar-refractivity contribution in [1.29, 1.82) is 0 Å². The first-order valence-corrected chi connectivity index (χ1v) is 7.45. The van der Waals surface area contributed by atoms with E-state index in [1.54, 1.807) is 0 Å². The number of aryl methyl sites for hydroxylation is 1. The molecule has 1 aliphatic carbocycles. The van der Waals surface area contributed by atoms with E-state index in [0.29, 0.717) is 4.47 Å². The lowest BCUT2D eigenvalue weighted by atomic mass is 9.92. The molecule has 1 atom stereocenters. The number of aromatic nitrogens is 2. The number of ketones is 2. The molecule has 0 spiro atoms. The molecular formula is C15H14BrN3O3. The maximum atomic E-state index is 13.0. The quantitative estimate of drug-likeness (QED) is 0.614. The average molecular weight is 367 g/mol. The smallest absolute Gasteiger partial charge is 0.264 e. The number of Topliss-reactive ketones (excluding diaryl/α,β-unsaturated/α-hetero) is 2. The number of fused-ring (bicyclic) bond motifs is 1. The number of hydrogen-bond donors (Lipinski definition) is 1. The lowest BCUT2D eigenvalue weighted by Gasteiger charge is -2.24. The molecule has 114 valence electrons. The molecule has 0 unspecified atom stereocenters. The van der Waals surface area contributed by atoms with Gasteiger partial charge in [-0.15, -0.1) is 0 Å². The van der Waals surface area contributed by atoms with Gasteiger partial charge in [0.2, 0.25) is 0 Å². The maximum absolute atomic E-state index is 13.0. The first kappa shape index (κ1) is 11.5. The number of nitrogens with zero attached hydrogens (tertiary/aromatic N) is 2. The van der Waals surface area contributed by atoms with E-state index in [1.807, 2.05) is 0 Å². The molecule has 0 amide bonds. The normalized spacial score (nSPS) is 21.5. The number of halogens is 1. The molecule has 22 heavy (non-hydrogen) atoms. The molecule has 6 nitrogen and oxygen atoms in total. The molecule has 7 heteroatoms. The number of anilines is 1. The number of benzene rings is 1. The molecule has 1 aromatic carbocycles.